The van der Waals surface area contributed by atoms with Crippen LogP contribution in [0.25, 0.3) is 0 Å². The summed E-state index contributed by atoms with van der Waals surface area (Å²) in [6.45, 7) is 6.89. The van der Waals surface area contributed by atoms with Crippen LogP contribution >= 0.6 is 0 Å². The summed E-state index contributed by atoms with van der Waals surface area (Å²) in [5, 5.41) is 11.4. The van der Waals surface area contributed by atoms with Gasteiger partial charge in [-0.1, -0.05) is 6.92 Å². The minimum Gasteiger partial charge on any atom is -0.396 e. The largest absolute Gasteiger partial charge is 0.396 e. The van der Waals surface area contributed by atoms with Crippen molar-refractivity contribution in [3.63, 3.8) is 0 Å². The van der Waals surface area contributed by atoms with Crippen LogP contribution in [0.1, 0.15) is 37.0 Å². The van der Waals surface area contributed by atoms with Crippen molar-refractivity contribution in [3.05, 3.63) is 29.8 Å². The molecule has 1 aromatic rings. The number of hydrogen-bond acceptors (Lipinski definition) is 3. The van der Waals surface area contributed by atoms with Crippen LogP contribution in [0.15, 0.2) is 24.3 Å². The summed E-state index contributed by atoms with van der Waals surface area (Å²) in [5.41, 5.74) is 1.81. The summed E-state index contributed by atoms with van der Waals surface area (Å²) in [6.07, 6.45) is 1.70. The van der Waals surface area contributed by atoms with Crippen LogP contribution in [0, 0.1) is 0 Å². The van der Waals surface area contributed by atoms with E-state index in [1.165, 1.54) is 0 Å². The van der Waals surface area contributed by atoms with E-state index >= 15 is 0 Å². The molecule has 106 valence electrons. The van der Waals surface area contributed by atoms with E-state index in [4.69, 9.17) is 5.11 Å². The Labute approximate surface area is 115 Å². The van der Waals surface area contributed by atoms with Crippen molar-refractivity contribution in [2.75, 3.05) is 31.1 Å². The van der Waals surface area contributed by atoms with E-state index < -0.39 is 0 Å². The molecule has 0 saturated carbocycles. The molecule has 0 aliphatic rings. The average Bonchev–Trinajstić information content (AvgIpc) is 2.45. The average molecular weight is 264 g/mol. The van der Waals surface area contributed by atoms with Crippen LogP contribution in [0.5, 0.6) is 0 Å². The lowest BCUT2D eigenvalue weighted by Crippen LogP contribution is -2.26. The van der Waals surface area contributed by atoms with E-state index in [0.29, 0.717) is 18.5 Å². The van der Waals surface area contributed by atoms with E-state index in [-0.39, 0.29) is 12.5 Å². The molecule has 0 atom stereocenters. The van der Waals surface area contributed by atoms with Crippen LogP contribution in [0.3, 0.4) is 0 Å². The molecule has 0 aliphatic heterocycles. The van der Waals surface area contributed by atoms with Gasteiger partial charge in [0.05, 0.1) is 0 Å². The number of nitrogens with zero attached hydrogens (tertiary/aromatic N) is 1. The Balaban J connectivity index is 2.62. The molecular weight excluding hydrogens is 240 g/mol. The summed E-state index contributed by atoms with van der Waals surface area (Å²) >= 11 is 0. The standard InChI is InChI=1S/C15H24N2O2/c1-3-11-17(4-2)14-8-6-13(7-9-14)15(19)16-10-5-12-18/h6-9,18H,3-5,10-12H2,1-2H3,(H,16,19). The van der Waals surface area contributed by atoms with Crippen molar-refractivity contribution in [2.24, 2.45) is 0 Å². The smallest absolute Gasteiger partial charge is 0.251 e. The zero-order valence-corrected chi connectivity index (χ0v) is 11.9. The predicted molar refractivity (Wildman–Crippen MR) is 78.7 cm³/mol. The van der Waals surface area contributed by atoms with Gasteiger partial charge in [0, 0.05) is 37.5 Å². The van der Waals surface area contributed by atoms with Crippen LogP contribution in [0.4, 0.5) is 5.69 Å². The minimum absolute atomic E-state index is 0.0847. The number of amides is 1. The molecule has 0 bridgehead atoms. The molecule has 19 heavy (non-hydrogen) atoms. The van der Waals surface area contributed by atoms with Gasteiger partial charge < -0.3 is 15.3 Å². The first kappa shape index (κ1) is 15.5. The lowest BCUT2D eigenvalue weighted by molar-refractivity contribution is 0.0951. The maximum atomic E-state index is 11.8. The maximum Gasteiger partial charge on any atom is 0.251 e. The molecule has 2 N–H and O–H groups in total. The number of hydrogen-bond donors (Lipinski definition) is 2. The topological polar surface area (TPSA) is 52.6 Å². The van der Waals surface area contributed by atoms with E-state index in [0.717, 1.165) is 25.2 Å². The first-order valence-corrected chi connectivity index (χ1v) is 6.97. The Hall–Kier alpha value is -1.55. The number of rotatable bonds is 8. The molecule has 0 saturated heterocycles. The lowest BCUT2D eigenvalue weighted by Gasteiger charge is -2.22. The van der Waals surface area contributed by atoms with Gasteiger partial charge in [0.2, 0.25) is 0 Å². The van der Waals surface area contributed by atoms with Gasteiger partial charge in [-0.3, -0.25) is 4.79 Å². The second-order valence-electron chi connectivity index (χ2n) is 4.46. The molecule has 0 unspecified atom stereocenters. The molecule has 1 aromatic carbocycles. The van der Waals surface area contributed by atoms with Crippen molar-refractivity contribution < 1.29 is 9.90 Å². The molecule has 4 heteroatoms. The number of aliphatic hydroxyl groups is 1. The van der Waals surface area contributed by atoms with Crippen LogP contribution in [0.2, 0.25) is 0 Å². The summed E-state index contributed by atoms with van der Waals surface area (Å²) in [4.78, 5) is 14.1. The van der Waals surface area contributed by atoms with E-state index in [1.54, 1.807) is 0 Å². The highest BCUT2D eigenvalue weighted by atomic mass is 16.3. The highest BCUT2D eigenvalue weighted by Crippen LogP contribution is 2.15. The second kappa shape index (κ2) is 8.53. The SMILES string of the molecule is CCCN(CC)c1ccc(C(=O)NCCCO)cc1. The third-order valence-electron chi connectivity index (χ3n) is 2.99. The van der Waals surface area contributed by atoms with Crippen molar-refractivity contribution in [1.82, 2.24) is 5.32 Å². The van der Waals surface area contributed by atoms with Crippen LogP contribution in [-0.2, 0) is 0 Å². The summed E-state index contributed by atoms with van der Waals surface area (Å²) in [7, 11) is 0. The molecule has 0 fully saturated rings. The van der Waals surface area contributed by atoms with Gasteiger partial charge in [-0.15, -0.1) is 0 Å². The lowest BCUT2D eigenvalue weighted by atomic mass is 10.1. The fourth-order valence-electron chi connectivity index (χ4n) is 1.95. The normalized spacial score (nSPS) is 10.3. The monoisotopic (exact) mass is 264 g/mol. The Kier molecular flexibility index (Phi) is 6.97. The summed E-state index contributed by atoms with van der Waals surface area (Å²) < 4.78 is 0. The molecule has 1 rings (SSSR count). The number of carbonyl (C=O) groups excluding carboxylic acids is 1. The van der Waals surface area contributed by atoms with E-state index in [1.807, 2.05) is 24.3 Å². The van der Waals surface area contributed by atoms with Gasteiger partial charge in [0.15, 0.2) is 0 Å². The Bertz CT molecular complexity index is 376. The van der Waals surface area contributed by atoms with Crippen LogP contribution < -0.4 is 10.2 Å². The number of nitrogens with one attached hydrogen (secondary N) is 1. The summed E-state index contributed by atoms with van der Waals surface area (Å²) in [6, 6.07) is 7.67. The number of anilines is 1. The quantitative estimate of drug-likeness (QED) is 0.706. The third-order valence-corrected chi connectivity index (χ3v) is 2.99. The molecule has 1 amide bonds. The van der Waals surface area contributed by atoms with Crippen molar-refractivity contribution in [1.29, 1.82) is 0 Å². The van der Waals surface area contributed by atoms with Gasteiger partial charge in [-0.25, -0.2) is 0 Å². The number of aliphatic hydroxyl groups excluding tert-OH is 1. The minimum atomic E-state index is -0.0847. The molecule has 0 heterocycles. The highest BCUT2D eigenvalue weighted by Gasteiger charge is 2.07. The van der Waals surface area contributed by atoms with Crippen molar-refractivity contribution in [2.45, 2.75) is 26.7 Å². The first-order valence-electron chi connectivity index (χ1n) is 6.97. The molecular formula is C15H24N2O2. The molecule has 0 spiro atoms. The molecule has 4 nitrogen and oxygen atoms in total. The second-order valence-corrected chi connectivity index (χ2v) is 4.46. The van der Waals surface area contributed by atoms with E-state index in [2.05, 4.69) is 24.1 Å². The van der Waals surface area contributed by atoms with Gasteiger partial charge in [0.25, 0.3) is 5.91 Å². The Morgan fingerprint density at radius 1 is 1.26 bits per heavy atom. The third kappa shape index (κ3) is 4.91. The highest BCUT2D eigenvalue weighted by molar-refractivity contribution is 5.94. The Morgan fingerprint density at radius 2 is 1.95 bits per heavy atom. The fourth-order valence-corrected chi connectivity index (χ4v) is 1.95. The number of carbonyl (C=O) groups is 1. The molecule has 0 aliphatic carbocycles. The van der Waals surface area contributed by atoms with Gasteiger partial charge in [0.1, 0.15) is 0 Å². The number of benzene rings is 1. The van der Waals surface area contributed by atoms with Gasteiger partial charge >= 0.3 is 0 Å². The molecule has 0 radical (unpaired) electrons. The fraction of sp³-hybridized carbons (Fsp3) is 0.533. The van der Waals surface area contributed by atoms with Crippen LogP contribution in [-0.4, -0.2) is 37.3 Å². The van der Waals surface area contributed by atoms with Crippen molar-refractivity contribution in [3.8, 4) is 0 Å². The predicted octanol–water partition coefficient (Wildman–Crippen LogP) is 2.04. The molecule has 0 aromatic heterocycles. The van der Waals surface area contributed by atoms with Crippen molar-refractivity contribution >= 4 is 11.6 Å². The zero-order valence-electron chi connectivity index (χ0n) is 11.9. The van der Waals surface area contributed by atoms with E-state index in [9.17, 15) is 4.79 Å². The summed E-state index contributed by atoms with van der Waals surface area (Å²) in [5.74, 6) is -0.0847. The Morgan fingerprint density at radius 3 is 2.47 bits per heavy atom. The first-order chi connectivity index (χ1) is 9.22. The van der Waals surface area contributed by atoms with Gasteiger partial charge in [-0.05, 0) is 44.0 Å². The van der Waals surface area contributed by atoms with Gasteiger partial charge in [-0.2, -0.15) is 0 Å². The zero-order chi connectivity index (χ0) is 14.1. The maximum absolute atomic E-state index is 11.8.